The molecule has 3 N–H and O–H groups in total. The van der Waals surface area contributed by atoms with Gasteiger partial charge in [0.1, 0.15) is 11.9 Å². The SMILES string of the molecule is Cc1cc(C(N)C(=O)O)c(C)c(F)c1Cl. The lowest BCUT2D eigenvalue weighted by molar-refractivity contribution is -0.138. The van der Waals surface area contributed by atoms with E-state index in [-0.39, 0.29) is 16.1 Å². The van der Waals surface area contributed by atoms with Crippen molar-refractivity contribution < 1.29 is 14.3 Å². The van der Waals surface area contributed by atoms with E-state index in [1.54, 1.807) is 6.92 Å². The van der Waals surface area contributed by atoms with Gasteiger partial charge in [-0.15, -0.1) is 0 Å². The molecule has 0 aromatic heterocycles. The van der Waals surface area contributed by atoms with Crippen molar-refractivity contribution in [3.05, 3.63) is 33.6 Å². The van der Waals surface area contributed by atoms with E-state index in [9.17, 15) is 9.18 Å². The van der Waals surface area contributed by atoms with Crippen LogP contribution < -0.4 is 5.73 Å². The zero-order chi connectivity index (χ0) is 11.7. The van der Waals surface area contributed by atoms with Gasteiger partial charge in [-0.3, -0.25) is 4.79 Å². The van der Waals surface area contributed by atoms with Crippen molar-refractivity contribution >= 4 is 17.6 Å². The number of carboxylic acids is 1. The van der Waals surface area contributed by atoms with Gasteiger partial charge in [0.2, 0.25) is 0 Å². The molecule has 82 valence electrons. The Morgan fingerprint density at radius 1 is 1.60 bits per heavy atom. The average Bonchev–Trinajstić information content (AvgIpc) is 2.19. The van der Waals surface area contributed by atoms with Gasteiger partial charge in [-0.2, -0.15) is 0 Å². The van der Waals surface area contributed by atoms with E-state index in [1.165, 1.54) is 13.0 Å². The van der Waals surface area contributed by atoms with Crippen molar-refractivity contribution in [1.29, 1.82) is 0 Å². The van der Waals surface area contributed by atoms with Crippen molar-refractivity contribution in [1.82, 2.24) is 0 Å². The molecule has 0 radical (unpaired) electrons. The van der Waals surface area contributed by atoms with Gasteiger partial charge in [-0.1, -0.05) is 17.7 Å². The second kappa shape index (κ2) is 4.16. The maximum atomic E-state index is 13.5. The standard InChI is InChI=1S/C10H11ClFNO2/c1-4-3-6(9(13)10(14)15)5(2)8(12)7(4)11/h3,9H,13H2,1-2H3,(H,14,15). The molecule has 0 saturated heterocycles. The number of nitrogens with two attached hydrogens (primary N) is 1. The fourth-order valence-electron chi connectivity index (χ4n) is 1.33. The lowest BCUT2D eigenvalue weighted by Gasteiger charge is -2.13. The first kappa shape index (κ1) is 11.9. The average molecular weight is 232 g/mol. The van der Waals surface area contributed by atoms with Crippen LogP contribution in [0.4, 0.5) is 4.39 Å². The first-order valence-electron chi connectivity index (χ1n) is 4.29. The molecule has 0 bridgehead atoms. The quantitative estimate of drug-likeness (QED) is 0.820. The predicted molar refractivity (Wildman–Crippen MR) is 55.4 cm³/mol. The number of hydrogen-bond donors (Lipinski definition) is 2. The van der Waals surface area contributed by atoms with E-state index in [0.717, 1.165) is 0 Å². The molecule has 0 amide bonds. The lowest BCUT2D eigenvalue weighted by atomic mass is 9.99. The molecule has 3 nitrogen and oxygen atoms in total. The maximum absolute atomic E-state index is 13.5. The minimum atomic E-state index is -1.23. The largest absolute Gasteiger partial charge is 0.480 e. The van der Waals surface area contributed by atoms with E-state index >= 15 is 0 Å². The Morgan fingerprint density at radius 2 is 2.13 bits per heavy atom. The predicted octanol–water partition coefficient (Wildman–Crippen LogP) is 2.18. The Bertz CT molecular complexity index is 420. The van der Waals surface area contributed by atoms with Gasteiger partial charge in [-0.25, -0.2) is 4.39 Å². The highest BCUT2D eigenvalue weighted by Gasteiger charge is 2.20. The van der Waals surface area contributed by atoms with E-state index < -0.39 is 17.8 Å². The molecule has 0 saturated carbocycles. The number of hydrogen-bond acceptors (Lipinski definition) is 2. The molecule has 1 unspecified atom stereocenters. The summed E-state index contributed by atoms with van der Waals surface area (Å²) in [6.45, 7) is 3.06. The molecule has 5 heteroatoms. The number of rotatable bonds is 2. The van der Waals surface area contributed by atoms with Crippen molar-refractivity contribution in [3.8, 4) is 0 Å². The second-order valence-electron chi connectivity index (χ2n) is 3.35. The fraction of sp³-hybridized carbons (Fsp3) is 0.300. The van der Waals surface area contributed by atoms with Crippen LogP contribution in [0.1, 0.15) is 22.7 Å². The van der Waals surface area contributed by atoms with Gasteiger partial charge in [0.15, 0.2) is 0 Å². The van der Waals surface area contributed by atoms with Crippen molar-refractivity contribution in [2.24, 2.45) is 5.73 Å². The smallest absolute Gasteiger partial charge is 0.325 e. The Kier molecular flexibility index (Phi) is 3.31. The van der Waals surface area contributed by atoms with Gasteiger partial charge in [0.25, 0.3) is 0 Å². The van der Waals surface area contributed by atoms with Crippen LogP contribution in [0.5, 0.6) is 0 Å². The van der Waals surface area contributed by atoms with Crippen LogP contribution in [0.15, 0.2) is 6.07 Å². The summed E-state index contributed by atoms with van der Waals surface area (Å²) in [7, 11) is 0. The highest BCUT2D eigenvalue weighted by molar-refractivity contribution is 6.31. The number of benzene rings is 1. The van der Waals surface area contributed by atoms with Crippen LogP contribution in [-0.4, -0.2) is 11.1 Å². The minimum absolute atomic E-state index is 0.00818. The summed E-state index contributed by atoms with van der Waals surface area (Å²) < 4.78 is 13.5. The molecule has 0 aliphatic carbocycles. The number of carboxylic acid groups (broad SMARTS) is 1. The second-order valence-corrected chi connectivity index (χ2v) is 3.73. The summed E-state index contributed by atoms with van der Waals surface area (Å²) in [5.41, 5.74) is 6.33. The van der Waals surface area contributed by atoms with Crippen molar-refractivity contribution in [2.45, 2.75) is 19.9 Å². The molecule has 1 atom stereocenters. The highest BCUT2D eigenvalue weighted by atomic mass is 35.5. The summed E-state index contributed by atoms with van der Waals surface area (Å²) in [6.07, 6.45) is 0. The summed E-state index contributed by atoms with van der Waals surface area (Å²) in [4.78, 5) is 10.7. The first-order valence-corrected chi connectivity index (χ1v) is 4.67. The lowest BCUT2D eigenvalue weighted by Crippen LogP contribution is -2.22. The van der Waals surface area contributed by atoms with Crippen LogP contribution >= 0.6 is 11.6 Å². The van der Waals surface area contributed by atoms with Crippen LogP contribution in [0.2, 0.25) is 5.02 Å². The van der Waals surface area contributed by atoms with E-state index in [4.69, 9.17) is 22.4 Å². The number of aryl methyl sites for hydroxylation is 1. The van der Waals surface area contributed by atoms with Crippen LogP contribution in [0.3, 0.4) is 0 Å². The molecule has 1 aromatic rings. The molecule has 0 aliphatic rings. The summed E-state index contributed by atoms with van der Waals surface area (Å²) in [6, 6.07) is 0.273. The first-order chi connectivity index (χ1) is 6.86. The molecule has 1 rings (SSSR count). The van der Waals surface area contributed by atoms with E-state index in [0.29, 0.717) is 5.56 Å². The Labute approximate surface area is 91.7 Å². The Hall–Kier alpha value is -1.13. The Morgan fingerprint density at radius 3 is 2.60 bits per heavy atom. The summed E-state index contributed by atoms with van der Waals surface area (Å²) >= 11 is 5.68. The molecular weight excluding hydrogens is 221 g/mol. The van der Waals surface area contributed by atoms with Gasteiger partial charge in [0.05, 0.1) is 5.02 Å². The molecule has 0 heterocycles. The third-order valence-corrected chi connectivity index (χ3v) is 2.74. The van der Waals surface area contributed by atoms with Gasteiger partial charge in [-0.05, 0) is 30.5 Å². The number of halogens is 2. The molecule has 1 aromatic carbocycles. The number of aliphatic carboxylic acids is 1. The molecule has 0 aliphatic heterocycles. The maximum Gasteiger partial charge on any atom is 0.325 e. The third-order valence-electron chi connectivity index (χ3n) is 2.27. The summed E-state index contributed by atoms with van der Waals surface area (Å²) in [5, 5.41) is 8.74. The number of carbonyl (C=O) groups is 1. The topological polar surface area (TPSA) is 63.3 Å². The highest BCUT2D eigenvalue weighted by Crippen LogP contribution is 2.28. The zero-order valence-corrected chi connectivity index (χ0v) is 9.10. The van der Waals surface area contributed by atoms with Gasteiger partial charge in [0, 0.05) is 0 Å². The zero-order valence-electron chi connectivity index (χ0n) is 8.34. The Balaban J connectivity index is 3.38. The van der Waals surface area contributed by atoms with E-state index in [2.05, 4.69) is 0 Å². The van der Waals surface area contributed by atoms with Crippen molar-refractivity contribution in [3.63, 3.8) is 0 Å². The molecule has 15 heavy (non-hydrogen) atoms. The van der Waals surface area contributed by atoms with Gasteiger partial charge < -0.3 is 10.8 Å². The van der Waals surface area contributed by atoms with Crippen LogP contribution in [0.25, 0.3) is 0 Å². The fourth-order valence-corrected chi connectivity index (χ4v) is 1.52. The van der Waals surface area contributed by atoms with Crippen LogP contribution in [-0.2, 0) is 4.79 Å². The normalized spacial score (nSPS) is 12.6. The monoisotopic (exact) mass is 231 g/mol. The molecular formula is C10H11ClFNO2. The van der Waals surface area contributed by atoms with Crippen molar-refractivity contribution in [2.75, 3.05) is 0 Å². The summed E-state index contributed by atoms with van der Waals surface area (Å²) in [5.74, 6) is -1.80. The van der Waals surface area contributed by atoms with Crippen LogP contribution in [0, 0.1) is 19.7 Å². The minimum Gasteiger partial charge on any atom is -0.480 e. The van der Waals surface area contributed by atoms with Gasteiger partial charge >= 0.3 is 5.97 Å². The molecule has 0 spiro atoms. The van der Waals surface area contributed by atoms with E-state index in [1.807, 2.05) is 0 Å². The third kappa shape index (κ3) is 2.11. The molecule has 0 fully saturated rings.